The molecule has 0 N–H and O–H groups in total. The predicted molar refractivity (Wildman–Crippen MR) is 61.6 cm³/mol. The molecule has 0 fully saturated rings. The van der Waals surface area contributed by atoms with Crippen LogP contribution in [-0.4, -0.2) is 19.2 Å². The van der Waals surface area contributed by atoms with Gasteiger partial charge in [0.1, 0.15) is 0 Å². The smallest absolute Gasteiger partial charge is 0.387 e. The molecule has 0 aliphatic heterocycles. The minimum absolute atomic E-state index is 0.0382. The van der Waals surface area contributed by atoms with Crippen molar-refractivity contribution in [2.45, 2.75) is 18.9 Å². The average molecular weight is 327 g/mol. The molecular formula is C11H10BrF3O3. The molecule has 3 nitrogen and oxygen atoms in total. The molecule has 0 aliphatic carbocycles. The van der Waals surface area contributed by atoms with Crippen LogP contribution in [0.2, 0.25) is 0 Å². The quantitative estimate of drug-likeness (QED) is 0.613. The number of halogens is 4. The molecular weight excluding hydrogens is 317 g/mol. The molecule has 7 heteroatoms. The van der Waals surface area contributed by atoms with Gasteiger partial charge in [-0.05, 0) is 19.1 Å². The Morgan fingerprint density at radius 3 is 2.61 bits per heavy atom. The van der Waals surface area contributed by atoms with Gasteiger partial charge in [0.2, 0.25) is 0 Å². The summed E-state index contributed by atoms with van der Waals surface area (Å²) in [7, 11) is 0. The van der Waals surface area contributed by atoms with Gasteiger partial charge in [0, 0.05) is 10.9 Å². The molecule has 0 saturated heterocycles. The second kappa shape index (κ2) is 6.63. The van der Waals surface area contributed by atoms with Gasteiger partial charge in [-0.2, -0.15) is 8.78 Å². The minimum atomic E-state index is -3.17. The van der Waals surface area contributed by atoms with Crippen molar-refractivity contribution in [1.29, 1.82) is 0 Å². The van der Waals surface area contributed by atoms with Gasteiger partial charge in [-0.3, -0.25) is 0 Å². The number of carbonyl (C=O) groups is 1. The SMILES string of the molecule is CCOC(=O)c1cc(CBr)c(F)c(OC(F)F)c1. The number of ether oxygens (including phenoxy) is 2. The Bertz CT molecular complexity index is 438. The largest absolute Gasteiger partial charge is 0.462 e. The van der Waals surface area contributed by atoms with Crippen molar-refractivity contribution in [2.75, 3.05) is 6.61 Å². The fourth-order valence-electron chi connectivity index (χ4n) is 1.27. The van der Waals surface area contributed by atoms with Crippen LogP contribution in [0.25, 0.3) is 0 Å². The Labute approximate surface area is 110 Å². The van der Waals surface area contributed by atoms with Gasteiger partial charge in [-0.25, -0.2) is 9.18 Å². The van der Waals surface area contributed by atoms with Gasteiger partial charge in [0.15, 0.2) is 11.6 Å². The lowest BCUT2D eigenvalue weighted by atomic mass is 10.1. The highest BCUT2D eigenvalue weighted by atomic mass is 79.9. The maximum Gasteiger partial charge on any atom is 0.387 e. The Morgan fingerprint density at radius 1 is 1.44 bits per heavy atom. The number of carbonyl (C=O) groups excluding carboxylic acids is 1. The van der Waals surface area contributed by atoms with E-state index in [-0.39, 0.29) is 23.1 Å². The third-order valence-corrected chi connectivity index (χ3v) is 2.59. The first kappa shape index (κ1) is 14.8. The summed E-state index contributed by atoms with van der Waals surface area (Å²) in [5.41, 5.74) is -0.000414. The molecule has 18 heavy (non-hydrogen) atoms. The Balaban J connectivity index is 3.17. The average Bonchev–Trinajstić information content (AvgIpc) is 2.31. The Morgan fingerprint density at radius 2 is 2.11 bits per heavy atom. The van der Waals surface area contributed by atoms with E-state index in [0.717, 1.165) is 6.07 Å². The number of rotatable bonds is 5. The zero-order valence-corrected chi connectivity index (χ0v) is 11.0. The van der Waals surface area contributed by atoms with E-state index in [1.807, 2.05) is 0 Å². The molecule has 0 heterocycles. The van der Waals surface area contributed by atoms with E-state index in [9.17, 15) is 18.0 Å². The molecule has 0 aliphatic rings. The number of alkyl halides is 3. The topological polar surface area (TPSA) is 35.5 Å². The summed E-state index contributed by atoms with van der Waals surface area (Å²) in [5.74, 6) is -2.33. The van der Waals surface area contributed by atoms with E-state index < -0.39 is 24.1 Å². The second-order valence-corrected chi connectivity index (χ2v) is 3.74. The lowest BCUT2D eigenvalue weighted by Gasteiger charge is -2.10. The van der Waals surface area contributed by atoms with Crippen LogP contribution in [0, 0.1) is 5.82 Å². The summed E-state index contributed by atoms with van der Waals surface area (Å²) in [5, 5.41) is 0.0612. The highest BCUT2D eigenvalue weighted by molar-refractivity contribution is 9.08. The lowest BCUT2D eigenvalue weighted by molar-refractivity contribution is -0.0523. The molecule has 0 saturated carbocycles. The van der Waals surface area contributed by atoms with Crippen LogP contribution >= 0.6 is 15.9 Å². The summed E-state index contributed by atoms with van der Waals surface area (Å²) < 4.78 is 46.5. The van der Waals surface area contributed by atoms with Gasteiger partial charge >= 0.3 is 12.6 Å². The van der Waals surface area contributed by atoms with E-state index >= 15 is 0 Å². The zero-order valence-electron chi connectivity index (χ0n) is 9.38. The third kappa shape index (κ3) is 3.63. The van der Waals surface area contributed by atoms with Crippen LogP contribution in [0.1, 0.15) is 22.8 Å². The number of esters is 1. The molecule has 0 spiro atoms. The van der Waals surface area contributed by atoms with Gasteiger partial charge < -0.3 is 9.47 Å². The van der Waals surface area contributed by atoms with Crippen LogP contribution in [0.15, 0.2) is 12.1 Å². The first-order valence-corrected chi connectivity index (χ1v) is 6.12. The molecule has 0 bridgehead atoms. The van der Waals surface area contributed by atoms with Crippen LogP contribution in [0.3, 0.4) is 0 Å². The summed E-state index contributed by atoms with van der Waals surface area (Å²) in [6.45, 7) is -1.44. The normalized spacial score (nSPS) is 10.6. The highest BCUT2D eigenvalue weighted by Gasteiger charge is 2.18. The van der Waals surface area contributed by atoms with Crippen molar-refractivity contribution in [2.24, 2.45) is 0 Å². The molecule has 100 valence electrons. The third-order valence-electron chi connectivity index (χ3n) is 1.99. The summed E-state index contributed by atoms with van der Waals surface area (Å²) >= 11 is 3.00. The predicted octanol–water partition coefficient (Wildman–Crippen LogP) is 3.50. The fraction of sp³-hybridized carbons (Fsp3) is 0.364. The first-order chi connectivity index (χ1) is 8.49. The Hall–Kier alpha value is -1.24. The molecule has 0 atom stereocenters. The molecule has 0 aromatic heterocycles. The van der Waals surface area contributed by atoms with Crippen molar-refractivity contribution < 1.29 is 27.4 Å². The van der Waals surface area contributed by atoms with E-state index in [4.69, 9.17) is 4.74 Å². The number of benzene rings is 1. The van der Waals surface area contributed by atoms with E-state index in [0.29, 0.717) is 0 Å². The lowest BCUT2D eigenvalue weighted by Crippen LogP contribution is -2.09. The minimum Gasteiger partial charge on any atom is -0.462 e. The molecule has 1 aromatic carbocycles. The van der Waals surface area contributed by atoms with Crippen molar-refractivity contribution in [1.82, 2.24) is 0 Å². The molecule has 0 radical (unpaired) electrons. The maximum absolute atomic E-state index is 13.6. The van der Waals surface area contributed by atoms with Crippen molar-refractivity contribution in [3.63, 3.8) is 0 Å². The highest BCUT2D eigenvalue weighted by Crippen LogP contribution is 2.26. The fourth-order valence-corrected chi connectivity index (χ4v) is 1.67. The first-order valence-electron chi connectivity index (χ1n) is 4.99. The van der Waals surface area contributed by atoms with E-state index in [2.05, 4.69) is 20.7 Å². The number of hydrogen-bond donors (Lipinski definition) is 0. The number of hydrogen-bond acceptors (Lipinski definition) is 3. The van der Waals surface area contributed by atoms with Crippen molar-refractivity contribution in [3.8, 4) is 5.75 Å². The van der Waals surface area contributed by atoms with Gasteiger partial charge in [-0.15, -0.1) is 0 Å². The second-order valence-electron chi connectivity index (χ2n) is 3.18. The molecule has 0 amide bonds. The van der Waals surface area contributed by atoms with Crippen LogP contribution in [0.4, 0.5) is 13.2 Å². The molecule has 1 aromatic rings. The van der Waals surface area contributed by atoms with Crippen LogP contribution in [-0.2, 0) is 10.1 Å². The maximum atomic E-state index is 13.6. The molecule has 0 unspecified atom stereocenters. The monoisotopic (exact) mass is 326 g/mol. The van der Waals surface area contributed by atoms with Gasteiger partial charge in [0.25, 0.3) is 0 Å². The summed E-state index contributed by atoms with van der Waals surface area (Å²) in [6.07, 6.45) is 0. The zero-order chi connectivity index (χ0) is 13.7. The van der Waals surface area contributed by atoms with Crippen molar-refractivity contribution >= 4 is 21.9 Å². The Kier molecular flexibility index (Phi) is 5.46. The molecule has 1 rings (SSSR count). The standard InChI is InChI=1S/C11H10BrF3O3/c1-2-17-10(16)6-3-7(5-12)9(13)8(4-6)18-11(14)15/h3-4,11H,2,5H2,1H3. The van der Waals surface area contributed by atoms with Gasteiger partial charge in [-0.1, -0.05) is 15.9 Å². The summed E-state index contributed by atoms with van der Waals surface area (Å²) in [4.78, 5) is 11.5. The van der Waals surface area contributed by atoms with E-state index in [1.165, 1.54) is 6.07 Å². The van der Waals surface area contributed by atoms with Crippen LogP contribution in [0.5, 0.6) is 5.75 Å². The summed E-state index contributed by atoms with van der Waals surface area (Å²) in [6, 6.07) is 2.12. The van der Waals surface area contributed by atoms with Crippen LogP contribution < -0.4 is 4.74 Å². The van der Waals surface area contributed by atoms with E-state index in [1.54, 1.807) is 6.92 Å². The van der Waals surface area contributed by atoms with Crippen molar-refractivity contribution in [3.05, 3.63) is 29.1 Å². The van der Waals surface area contributed by atoms with Gasteiger partial charge in [0.05, 0.1) is 12.2 Å².